The molecular formula is C34H53N3O4S. The van der Waals surface area contributed by atoms with E-state index in [1.54, 1.807) is 24.3 Å². The summed E-state index contributed by atoms with van der Waals surface area (Å²) in [7, 11) is -3.82. The number of benzene rings is 2. The van der Waals surface area contributed by atoms with E-state index in [1.165, 1.54) is 89.2 Å². The summed E-state index contributed by atoms with van der Waals surface area (Å²) in [4.78, 5) is 24.6. The van der Waals surface area contributed by atoms with E-state index in [0.717, 1.165) is 24.0 Å². The highest BCUT2D eigenvalue weighted by Crippen LogP contribution is 2.23. The van der Waals surface area contributed by atoms with Gasteiger partial charge >= 0.3 is 0 Å². The van der Waals surface area contributed by atoms with Crippen molar-refractivity contribution in [2.45, 2.75) is 128 Å². The quantitative estimate of drug-likeness (QED) is 0.118. The number of hydrogen-bond donors (Lipinski definition) is 3. The monoisotopic (exact) mass is 599 g/mol. The molecule has 0 fully saturated rings. The van der Waals surface area contributed by atoms with Gasteiger partial charge in [-0.25, -0.2) is 8.42 Å². The van der Waals surface area contributed by atoms with Gasteiger partial charge in [-0.1, -0.05) is 109 Å². The molecule has 2 amide bonds. The average molecular weight is 600 g/mol. The molecule has 0 aromatic heterocycles. The molecule has 0 radical (unpaired) electrons. The summed E-state index contributed by atoms with van der Waals surface area (Å²) >= 11 is 0. The third-order valence-electron chi connectivity index (χ3n) is 7.71. The van der Waals surface area contributed by atoms with Gasteiger partial charge in [-0.05, 0) is 55.7 Å². The predicted molar refractivity (Wildman–Crippen MR) is 174 cm³/mol. The molecule has 0 aliphatic heterocycles. The molecule has 3 N–H and O–H groups in total. The van der Waals surface area contributed by atoms with Crippen LogP contribution in [0.1, 0.15) is 121 Å². The highest BCUT2D eigenvalue weighted by molar-refractivity contribution is 7.92. The molecule has 0 bridgehead atoms. The minimum Gasteiger partial charge on any atom is -0.356 e. The Morgan fingerprint density at radius 3 is 1.88 bits per heavy atom. The van der Waals surface area contributed by atoms with Crippen LogP contribution in [0.4, 0.5) is 11.4 Å². The summed E-state index contributed by atoms with van der Waals surface area (Å²) in [5.74, 6) is -0.323. The van der Waals surface area contributed by atoms with Gasteiger partial charge < -0.3 is 10.6 Å². The molecule has 2 aromatic carbocycles. The minimum absolute atomic E-state index is 0.0349. The largest absolute Gasteiger partial charge is 0.356 e. The van der Waals surface area contributed by atoms with E-state index < -0.39 is 10.0 Å². The lowest BCUT2D eigenvalue weighted by molar-refractivity contribution is -0.121. The molecule has 0 atom stereocenters. The highest BCUT2D eigenvalue weighted by Gasteiger charge is 2.17. The first-order chi connectivity index (χ1) is 20.2. The van der Waals surface area contributed by atoms with Crippen molar-refractivity contribution in [3.63, 3.8) is 0 Å². The zero-order valence-corrected chi connectivity index (χ0v) is 26.9. The molecule has 0 heterocycles. The SMILES string of the molecule is CCCCCCCCCCCCCCCCC(=O)NCCC(=O)Nc1cccc(S(=O)(=O)Nc2cccc(C)c2C)c1. The van der Waals surface area contributed by atoms with Crippen molar-refractivity contribution in [3.8, 4) is 0 Å². The third kappa shape index (κ3) is 14.3. The van der Waals surface area contributed by atoms with E-state index in [9.17, 15) is 18.0 Å². The Bertz CT molecular complexity index is 1200. The van der Waals surface area contributed by atoms with Gasteiger partial charge in [0, 0.05) is 25.1 Å². The number of sulfonamides is 1. The molecule has 0 spiro atoms. The van der Waals surface area contributed by atoms with E-state index in [4.69, 9.17) is 0 Å². The maximum Gasteiger partial charge on any atom is 0.261 e. The Morgan fingerprint density at radius 2 is 1.26 bits per heavy atom. The molecule has 42 heavy (non-hydrogen) atoms. The number of nitrogens with one attached hydrogen (secondary N) is 3. The smallest absolute Gasteiger partial charge is 0.261 e. The number of unbranched alkanes of at least 4 members (excludes halogenated alkanes) is 13. The zero-order valence-electron chi connectivity index (χ0n) is 26.1. The topological polar surface area (TPSA) is 104 Å². The van der Waals surface area contributed by atoms with Crippen LogP contribution in [0.5, 0.6) is 0 Å². The van der Waals surface area contributed by atoms with E-state index >= 15 is 0 Å². The fraction of sp³-hybridized carbons (Fsp3) is 0.588. The first-order valence-corrected chi connectivity index (χ1v) is 17.5. The van der Waals surface area contributed by atoms with Crippen LogP contribution < -0.4 is 15.4 Å². The first-order valence-electron chi connectivity index (χ1n) is 16.0. The molecule has 0 unspecified atom stereocenters. The summed E-state index contributed by atoms with van der Waals surface area (Å²) in [5.41, 5.74) is 2.76. The van der Waals surface area contributed by atoms with Crippen molar-refractivity contribution in [2.24, 2.45) is 0 Å². The van der Waals surface area contributed by atoms with E-state index in [0.29, 0.717) is 17.8 Å². The van der Waals surface area contributed by atoms with Gasteiger partial charge in [-0.3, -0.25) is 14.3 Å². The van der Waals surface area contributed by atoms with Gasteiger partial charge in [0.05, 0.1) is 10.6 Å². The van der Waals surface area contributed by atoms with Gasteiger partial charge in [-0.2, -0.15) is 0 Å². The molecule has 0 aliphatic rings. The van der Waals surface area contributed by atoms with Gasteiger partial charge in [0.15, 0.2) is 0 Å². The molecule has 8 heteroatoms. The standard InChI is InChI=1S/C34H53N3O4S/c1-4-5-6-7-8-9-10-11-12-13-14-15-16-17-24-33(38)35-26-25-34(39)36-30-21-19-22-31(27-30)42(40,41)37-32-23-18-20-28(2)29(32)3/h18-23,27,37H,4-17,24-26H2,1-3H3,(H,35,38)(H,36,39). The summed E-state index contributed by atoms with van der Waals surface area (Å²) in [6.07, 6.45) is 18.5. The van der Waals surface area contributed by atoms with Crippen molar-refractivity contribution < 1.29 is 18.0 Å². The third-order valence-corrected chi connectivity index (χ3v) is 9.07. The molecule has 2 rings (SSSR count). The van der Waals surface area contributed by atoms with Crippen molar-refractivity contribution in [1.29, 1.82) is 0 Å². The molecular weight excluding hydrogens is 546 g/mol. The number of amides is 2. The van der Waals surface area contributed by atoms with Crippen LogP contribution in [-0.4, -0.2) is 26.8 Å². The lowest BCUT2D eigenvalue weighted by atomic mass is 10.0. The fourth-order valence-corrected chi connectivity index (χ4v) is 6.08. The van der Waals surface area contributed by atoms with Gasteiger partial charge in [0.1, 0.15) is 0 Å². The Kier molecular flexibility index (Phi) is 16.9. The minimum atomic E-state index is -3.82. The van der Waals surface area contributed by atoms with Crippen LogP contribution in [0.25, 0.3) is 0 Å². The van der Waals surface area contributed by atoms with Crippen LogP contribution in [0.3, 0.4) is 0 Å². The molecule has 0 saturated heterocycles. The lowest BCUT2D eigenvalue weighted by Gasteiger charge is -2.13. The number of anilines is 2. The number of hydrogen-bond acceptors (Lipinski definition) is 4. The number of carbonyl (C=O) groups excluding carboxylic acids is 2. The van der Waals surface area contributed by atoms with Crippen LogP contribution in [0.2, 0.25) is 0 Å². The van der Waals surface area contributed by atoms with E-state index in [2.05, 4.69) is 22.3 Å². The van der Waals surface area contributed by atoms with Crippen LogP contribution >= 0.6 is 0 Å². The molecule has 234 valence electrons. The van der Waals surface area contributed by atoms with E-state index in [-0.39, 0.29) is 29.7 Å². The molecule has 0 saturated carbocycles. The fourth-order valence-electron chi connectivity index (χ4n) is 4.91. The molecule has 7 nitrogen and oxygen atoms in total. The van der Waals surface area contributed by atoms with Gasteiger partial charge in [0.25, 0.3) is 10.0 Å². The lowest BCUT2D eigenvalue weighted by Crippen LogP contribution is -2.27. The maximum absolute atomic E-state index is 12.9. The predicted octanol–water partition coefficient (Wildman–Crippen LogP) is 8.42. The molecule has 0 aliphatic carbocycles. The highest BCUT2D eigenvalue weighted by atomic mass is 32.2. The van der Waals surface area contributed by atoms with Crippen LogP contribution in [0, 0.1) is 13.8 Å². The normalized spacial score (nSPS) is 11.3. The average Bonchev–Trinajstić information content (AvgIpc) is 2.95. The second-order valence-electron chi connectivity index (χ2n) is 11.4. The van der Waals surface area contributed by atoms with Crippen molar-refractivity contribution >= 4 is 33.2 Å². The number of aryl methyl sites for hydroxylation is 1. The Hall–Kier alpha value is -2.87. The van der Waals surface area contributed by atoms with Gasteiger partial charge in [-0.15, -0.1) is 0 Å². The zero-order chi connectivity index (χ0) is 30.6. The molecule has 2 aromatic rings. The van der Waals surface area contributed by atoms with Crippen molar-refractivity contribution in [1.82, 2.24) is 5.32 Å². The maximum atomic E-state index is 12.9. The van der Waals surface area contributed by atoms with Gasteiger partial charge in [0.2, 0.25) is 11.8 Å². The van der Waals surface area contributed by atoms with E-state index in [1.807, 2.05) is 19.9 Å². The Balaban J connectivity index is 1.56. The summed E-state index contributed by atoms with van der Waals surface area (Å²) in [5, 5.41) is 5.54. The Labute approximate surface area is 254 Å². The second kappa shape index (κ2) is 20.1. The van der Waals surface area contributed by atoms with Crippen molar-refractivity contribution in [2.75, 3.05) is 16.6 Å². The summed E-state index contributed by atoms with van der Waals surface area (Å²) in [6.45, 7) is 6.29. The summed E-state index contributed by atoms with van der Waals surface area (Å²) in [6, 6.07) is 11.6. The first kappa shape index (κ1) is 35.3. The number of carbonyl (C=O) groups is 2. The van der Waals surface area contributed by atoms with Crippen molar-refractivity contribution in [3.05, 3.63) is 53.6 Å². The van der Waals surface area contributed by atoms with Crippen LogP contribution in [-0.2, 0) is 19.6 Å². The summed E-state index contributed by atoms with van der Waals surface area (Å²) < 4.78 is 28.5. The Morgan fingerprint density at radius 1 is 0.690 bits per heavy atom. The van der Waals surface area contributed by atoms with Crippen LogP contribution in [0.15, 0.2) is 47.4 Å². The second-order valence-corrected chi connectivity index (χ2v) is 13.1. The number of rotatable bonds is 22.